The molecule has 2 aromatic rings. The van der Waals surface area contributed by atoms with Gasteiger partial charge in [-0.1, -0.05) is 63.4 Å². The standard InChI is InChI=1S/C15H14BrClO/c1-11-4-2-5-12(8-11)10-18-15-7-3-6-14(17)13(15)9-16/h2-8H,9-10H2,1H3. The number of hydrogen-bond donors (Lipinski definition) is 0. The molecule has 0 N–H and O–H groups in total. The second-order valence-corrected chi connectivity index (χ2v) is 5.10. The van der Waals surface area contributed by atoms with Gasteiger partial charge in [0.1, 0.15) is 12.4 Å². The number of halogens is 2. The largest absolute Gasteiger partial charge is 0.489 e. The van der Waals surface area contributed by atoms with Crippen molar-refractivity contribution in [2.45, 2.75) is 18.9 Å². The van der Waals surface area contributed by atoms with Crippen LogP contribution < -0.4 is 4.74 Å². The Balaban J connectivity index is 2.13. The van der Waals surface area contributed by atoms with Crippen LogP contribution in [0.5, 0.6) is 5.75 Å². The smallest absolute Gasteiger partial charge is 0.125 e. The lowest BCUT2D eigenvalue weighted by Crippen LogP contribution is -1.98. The van der Waals surface area contributed by atoms with Gasteiger partial charge in [0.2, 0.25) is 0 Å². The third kappa shape index (κ3) is 3.27. The number of rotatable bonds is 4. The van der Waals surface area contributed by atoms with Crippen LogP contribution in [-0.2, 0) is 11.9 Å². The second kappa shape index (κ2) is 6.26. The maximum Gasteiger partial charge on any atom is 0.125 e. The van der Waals surface area contributed by atoms with Crippen molar-refractivity contribution < 1.29 is 4.74 Å². The molecule has 0 heterocycles. The zero-order valence-electron chi connectivity index (χ0n) is 10.1. The highest BCUT2D eigenvalue weighted by molar-refractivity contribution is 9.08. The number of alkyl halides is 1. The molecule has 0 unspecified atom stereocenters. The van der Waals surface area contributed by atoms with Gasteiger partial charge in [-0.05, 0) is 24.6 Å². The number of benzene rings is 2. The van der Waals surface area contributed by atoms with Crippen LogP contribution in [0.1, 0.15) is 16.7 Å². The molecule has 0 aliphatic carbocycles. The summed E-state index contributed by atoms with van der Waals surface area (Å²) in [4.78, 5) is 0. The van der Waals surface area contributed by atoms with Crippen LogP contribution in [0.3, 0.4) is 0 Å². The van der Waals surface area contributed by atoms with Gasteiger partial charge in [-0.2, -0.15) is 0 Å². The van der Waals surface area contributed by atoms with E-state index in [2.05, 4.69) is 41.1 Å². The first kappa shape index (κ1) is 13.4. The zero-order valence-corrected chi connectivity index (χ0v) is 12.5. The fourth-order valence-corrected chi connectivity index (χ4v) is 2.74. The van der Waals surface area contributed by atoms with E-state index in [1.807, 2.05) is 24.3 Å². The van der Waals surface area contributed by atoms with Crippen molar-refractivity contribution in [2.24, 2.45) is 0 Å². The predicted octanol–water partition coefficient (Wildman–Crippen LogP) is 5.12. The SMILES string of the molecule is Cc1cccc(COc2cccc(Cl)c2CBr)c1. The summed E-state index contributed by atoms with van der Waals surface area (Å²) in [6.07, 6.45) is 0. The van der Waals surface area contributed by atoms with E-state index in [4.69, 9.17) is 16.3 Å². The molecule has 0 saturated heterocycles. The number of aryl methyl sites for hydroxylation is 1. The Morgan fingerprint density at radius 3 is 2.67 bits per heavy atom. The van der Waals surface area contributed by atoms with Crippen LogP contribution in [0.2, 0.25) is 5.02 Å². The van der Waals surface area contributed by atoms with Crippen LogP contribution in [0.25, 0.3) is 0 Å². The van der Waals surface area contributed by atoms with E-state index in [1.165, 1.54) is 5.56 Å². The molecule has 2 rings (SSSR count). The first-order chi connectivity index (χ1) is 8.70. The summed E-state index contributed by atoms with van der Waals surface area (Å²) in [7, 11) is 0. The average molecular weight is 326 g/mol. The molecule has 3 heteroatoms. The lowest BCUT2D eigenvalue weighted by atomic mass is 10.1. The minimum absolute atomic E-state index is 0.558. The molecule has 0 spiro atoms. The van der Waals surface area contributed by atoms with Gasteiger partial charge in [0, 0.05) is 15.9 Å². The summed E-state index contributed by atoms with van der Waals surface area (Å²) < 4.78 is 5.84. The Morgan fingerprint density at radius 2 is 1.94 bits per heavy atom. The van der Waals surface area contributed by atoms with E-state index >= 15 is 0 Å². The summed E-state index contributed by atoms with van der Waals surface area (Å²) >= 11 is 9.56. The number of ether oxygens (including phenoxy) is 1. The van der Waals surface area contributed by atoms with Gasteiger partial charge in [-0.25, -0.2) is 0 Å². The monoisotopic (exact) mass is 324 g/mol. The Kier molecular flexibility index (Phi) is 4.67. The van der Waals surface area contributed by atoms with Crippen molar-refractivity contribution in [3.8, 4) is 5.75 Å². The van der Waals surface area contributed by atoms with Crippen LogP contribution in [0.15, 0.2) is 42.5 Å². The molecule has 94 valence electrons. The summed E-state index contributed by atoms with van der Waals surface area (Å²) in [5.41, 5.74) is 3.39. The molecule has 0 fully saturated rings. The lowest BCUT2D eigenvalue weighted by Gasteiger charge is -2.11. The zero-order chi connectivity index (χ0) is 13.0. The summed E-state index contributed by atoms with van der Waals surface area (Å²) in [6.45, 7) is 2.63. The molecule has 0 aliphatic rings. The normalized spacial score (nSPS) is 10.4. The maximum atomic E-state index is 6.13. The predicted molar refractivity (Wildman–Crippen MR) is 79.6 cm³/mol. The summed E-state index contributed by atoms with van der Waals surface area (Å²) in [5, 5.41) is 1.42. The molecule has 0 saturated carbocycles. The van der Waals surface area contributed by atoms with Gasteiger partial charge in [0.05, 0.1) is 0 Å². The molecule has 0 bridgehead atoms. The Bertz CT molecular complexity index is 540. The third-order valence-electron chi connectivity index (χ3n) is 2.69. The van der Waals surface area contributed by atoms with Gasteiger partial charge in [0.25, 0.3) is 0 Å². The summed E-state index contributed by atoms with van der Waals surface area (Å²) in [5.74, 6) is 0.834. The van der Waals surface area contributed by atoms with Gasteiger partial charge in [-0.15, -0.1) is 0 Å². The third-order valence-corrected chi connectivity index (χ3v) is 3.60. The van der Waals surface area contributed by atoms with E-state index in [1.54, 1.807) is 0 Å². The highest BCUT2D eigenvalue weighted by atomic mass is 79.9. The van der Waals surface area contributed by atoms with Crippen molar-refractivity contribution >= 4 is 27.5 Å². The van der Waals surface area contributed by atoms with E-state index < -0.39 is 0 Å². The Morgan fingerprint density at radius 1 is 1.17 bits per heavy atom. The van der Waals surface area contributed by atoms with Gasteiger partial charge in [-0.3, -0.25) is 0 Å². The molecular weight excluding hydrogens is 312 g/mol. The molecule has 0 aliphatic heterocycles. The first-order valence-corrected chi connectivity index (χ1v) is 7.22. The van der Waals surface area contributed by atoms with Crippen molar-refractivity contribution in [3.05, 3.63) is 64.2 Å². The second-order valence-electron chi connectivity index (χ2n) is 4.13. The van der Waals surface area contributed by atoms with Crippen LogP contribution >= 0.6 is 27.5 Å². The average Bonchev–Trinajstić information content (AvgIpc) is 2.36. The van der Waals surface area contributed by atoms with Gasteiger partial charge in [0.15, 0.2) is 0 Å². The van der Waals surface area contributed by atoms with E-state index in [9.17, 15) is 0 Å². The molecule has 0 amide bonds. The molecule has 0 aromatic heterocycles. The minimum Gasteiger partial charge on any atom is -0.489 e. The van der Waals surface area contributed by atoms with Crippen molar-refractivity contribution in [1.29, 1.82) is 0 Å². The topological polar surface area (TPSA) is 9.23 Å². The van der Waals surface area contributed by atoms with Gasteiger partial charge >= 0.3 is 0 Å². The molecule has 1 nitrogen and oxygen atoms in total. The molecule has 18 heavy (non-hydrogen) atoms. The van der Waals surface area contributed by atoms with Gasteiger partial charge < -0.3 is 4.74 Å². The lowest BCUT2D eigenvalue weighted by molar-refractivity contribution is 0.304. The highest BCUT2D eigenvalue weighted by Gasteiger charge is 2.06. The Hall–Kier alpha value is -0.990. The van der Waals surface area contributed by atoms with E-state index in [0.29, 0.717) is 11.9 Å². The van der Waals surface area contributed by atoms with Crippen molar-refractivity contribution in [1.82, 2.24) is 0 Å². The van der Waals surface area contributed by atoms with Crippen LogP contribution in [0.4, 0.5) is 0 Å². The minimum atomic E-state index is 0.558. The molecule has 0 radical (unpaired) electrons. The highest BCUT2D eigenvalue weighted by Crippen LogP contribution is 2.29. The molecular formula is C15H14BrClO. The molecule has 2 aromatic carbocycles. The van der Waals surface area contributed by atoms with Crippen LogP contribution in [0, 0.1) is 6.92 Å². The van der Waals surface area contributed by atoms with Crippen molar-refractivity contribution in [2.75, 3.05) is 0 Å². The first-order valence-electron chi connectivity index (χ1n) is 5.72. The van der Waals surface area contributed by atoms with E-state index in [-0.39, 0.29) is 0 Å². The number of hydrogen-bond acceptors (Lipinski definition) is 1. The quantitative estimate of drug-likeness (QED) is 0.709. The fraction of sp³-hybridized carbons (Fsp3) is 0.200. The summed E-state index contributed by atoms with van der Waals surface area (Å²) in [6, 6.07) is 14.0. The fourth-order valence-electron chi connectivity index (χ4n) is 1.77. The van der Waals surface area contributed by atoms with Crippen molar-refractivity contribution in [3.63, 3.8) is 0 Å². The Labute approximate surface area is 121 Å². The van der Waals surface area contributed by atoms with E-state index in [0.717, 1.165) is 21.9 Å². The molecule has 0 atom stereocenters. The maximum absolute atomic E-state index is 6.13. The van der Waals surface area contributed by atoms with Crippen LogP contribution in [-0.4, -0.2) is 0 Å².